The van der Waals surface area contributed by atoms with Crippen LogP contribution in [0.15, 0.2) is 97.2 Å². The fraction of sp³-hybridized carbons (Fsp3) is 0.679. The predicted octanol–water partition coefficient (Wildman–Crippen LogP) is 15.3. The quantitative estimate of drug-likeness (QED) is 0.0245. The number of allylic oxidation sites excluding steroid dienone is 16. The molecule has 0 fully saturated rings. The Hall–Kier alpha value is -3.22. The average Bonchev–Trinajstić information content (AvgIpc) is 3.26. The summed E-state index contributed by atoms with van der Waals surface area (Å²) >= 11 is 0. The maximum absolute atomic E-state index is 13.2. The van der Waals surface area contributed by atoms with Gasteiger partial charge in [-0.05, 0) is 89.9 Å². The molecule has 0 aromatic heterocycles. The Morgan fingerprint density at radius 3 is 1.50 bits per heavy atom. The van der Waals surface area contributed by atoms with Crippen LogP contribution in [0.2, 0.25) is 0 Å². The number of unbranched alkanes of at least 4 members (excludes halogenated alkanes) is 18. The van der Waals surface area contributed by atoms with Crippen molar-refractivity contribution in [1.82, 2.24) is 5.32 Å². The molecule has 0 aliphatic rings. The summed E-state index contributed by atoms with van der Waals surface area (Å²) in [6.45, 7) is 6.20. The van der Waals surface area contributed by atoms with E-state index in [0.717, 1.165) is 109 Å². The van der Waals surface area contributed by atoms with Gasteiger partial charge in [-0.25, -0.2) is 0 Å². The average molecular weight is 862 g/mol. The van der Waals surface area contributed by atoms with E-state index in [1.54, 1.807) is 0 Å². The van der Waals surface area contributed by atoms with E-state index in [-0.39, 0.29) is 24.9 Å². The number of ether oxygens (including phenoxy) is 1. The monoisotopic (exact) mass is 862 g/mol. The van der Waals surface area contributed by atoms with E-state index in [0.29, 0.717) is 19.3 Å². The molecule has 0 saturated carbocycles. The van der Waals surface area contributed by atoms with Crippen molar-refractivity contribution in [2.45, 2.75) is 238 Å². The van der Waals surface area contributed by atoms with Crippen molar-refractivity contribution in [3.05, 3.63) is 97.2 Å². The van der Waals surface area contributed by atoms with Crippen LogP contribution in [0.4, 0.5) is 0 Å². The largest absolute Gasteiger partial charge is 0.462 e. The third-order valence-electron chi connectivity index (χ3n) is 11.0. The maximum Gasteiger partial charge on any atom is 0.306 e. The summed E-state index contributed by atoms with van der Waals surface area (Å²) in [5, 5.41) is 23.7. The molecule has 0 aromatic rings. The van der Waals surface area contributed by atoms with Crippen LogP contribution >= 0.6 is 0 Å². The van der Waals surface area contributed by atoms with Gasteiger partial charge >= 0.3 is 5.97 Å². The van der Waals surface area contributed by atoms with Crippen molar-refractivity contribution in [2.75, 3.05) is 6.61 Å². The molecule has 0 aromatic carbocycles. The second kappa shape index (κ2) is 48.8. The first-order chi connectivity index (χ1) is 30.5. The molecule has 0 aliphatic heterocycles. The van der Waals surface area contributed by atoms with Crippen molar-refractivity contribution in [1.29, 1.82) is 0 Å². The molecule has 0 saturated heterocycles. The highest BCUT2D eigenvalue weighted by molar-refractivity contribution is 5.77. The minimum absolute atomic E-state index is 0.0355. The summed E-state index contributed by atoms with van der Waals surface area (Å²) in [6, 6.07) is -0.725. The Morgan fingerprint density at radius 1 is 0.500 bits per heavy atom. The van der Waals surface area contributed by atoms with Crippen LogP contribution in [0.1, 0.15) is 220 Å². The smallest absolute Gasteiger partial charge is 0.306 e. The molecule has 3 N–H and O–H groups in total. The van der Waals surface area contributed by atoms with Gasteiger partial charge in [0.15, 0.2) is 0 Å². The van der Waals surface area contributed by atoms with Gasteiger partial charge in [0.1, 0.15) is 6.10 Å². The molecule has 354 valence electrons. The molecule has 0 spiro atoms. The summed E-state index contributed by atoms with van der Waals surface area (Å²) in [7, 11) is 0. The van der Waals surface area contributed by atoms with Crippen LogP contribution < -0.4 is 5.32 Å². The van der Waals surface area contributed by atoms with Crippen molar-refractivity contribution in [3.63, 3.8) is 0 Å². The molecule has 1 amide bonds. The normalized spacial score (nSPS) is 14.1. The molecule has 0 radical (unpaired) electrons. The standard InChI is InChI=1S/C56H95NO5/c1-4-7-10-13-16-19-22-24-25-26-27-28-29-31-34-37-40-43-46-49-56(61)62-52(47-44-41-38-35-32-21-18-15-12-9-6-3)50-55(60)57-53(51-58)54(59)48-45-42-39-36-33-30-23-20-17-14-11-8-5-2/h7,9-10,12,15-16,18-19,21,24-25,27-28,31-32,34,52-54,58-59H,4-6,8,11,13-14,17,20,22-23,26,29-30,33,35-51H2,1-3H3,(H,57,60)/b10-7-,12-9+,18-15+,19-16-,25-24-,28-27-,32-21-,34-31-. The van der Waals surface area contributed by atoms with Crippen LogP contribution in [-0.2, 0) is 14.3 Å². The highest BCUT2D eigenvalue weighted by atomic mass is 16.5. The number of esters is 1. The lowest BCUT2D eigenvalue weighted by Gasteiger charge is -2.24. The van der Waals surface area contributed by atoms with Crippen LogP contribution in [0.3, 0.4) is 0 Å². The Morgan fingerprint density at radius 2 is 0.952 bits per heavy atom. The van der Waals surface area contributed by atoms with E-state index in [1.807, 2.05) is 12.2 Å². The van der Waals surface area contributed by atoms with E-state index < -0.39 is 18.2 Å². The molecule has 6 nitrogen and oxygen atoms in total. The lowest BCUT2D eigenvalue weighted by molar-refractivity contribution is -0.151. The number of aliphatic hydroxyl groups excluding tert-OH is 2. The summed E-state index contributed by atoms with van der Waals surface area (Å²) in [5.74, 6) is -0.555. The molecule has 0 bridgehead atoms. The van der Waals surface area contributed by atoms with Crippen LogP contribution in [0.25, 0.3) is 0 Å². The Kier molecular flexibility index (Phi) is 46.3. The van der Waals surface area contributed by atoms with Crippen LogP contribution in [0, 0.1) is 0 Å². The number of hydrogen-bond acceptors (Lipinski definition) is 5. The lowest BCUT2D eigenvalue weighted by Crippen LogP contribution is -2.46. The van der Waals surface area contributed by atoms with Crippen molar-refractivity contribution in [2.24, 2.45) is 0 Å². The van der Waals surface area contributed by atoms with Gasteiger partial charge in [-0.2, -0.15) is 0 Å². The molecule has 3 atom stereocenters. The summed E-state index contributed by atoms with van der Waals surface area (Å²) < 4.78 is 5.89. The molecule has 0 heterocycles. The second-order valence-corrected chi connectivity index (χ2v) is 16.9. The number of carbonyl (C=O) groups is 2. The highest BCUT2D eigenvalue weighted by Crippen LogP contribution is 2.17. The minimum Gasteiger partial charge on any atom is -0.462 e. The number of aliphatic hydroxyl groups is 2. The lowest BCUT2D eigenvalue weighted by atomic mass is 10.0. The van der Waals surface area contributed by atoms with Gasteiger partial charge in [-0.15, -0.1) is 0 Å². The fourth-order valence-electron chi connectivity index (χ4n) is 7.16. The first-order valence-electron chi connectivity index (χ1n) is 25.5. The first-order valence-corrected chi connectivity index (χ1v) is 25.5. The van der Waals surface area contributed by atoms with E-state index >= 15 is 0 Å². The Balaban J connectivity index is 4.63. The van der Waals surface area contributed by atoms with Gasteiger partial charge in [-0.3, -0.25) is 9.59 Å². The van der Waals surface area contributed by atoms with Gasteiger partial charge in [0, 0.05) is 6.42 Å². The van der Waals surface area contributed by atoms with Crippen LogP contribution in [0.5, 0.6) is 0 Å². The number of nitrogens with one attached hydrogen (secondary N) is 1. The molecule has 62 heavy (non-hydrogen) atoms. The van der Waals surface area contributed by atoms with Crippen molar-refractivity contribution in [3.8, 4) is 0 Å². The topological polar surface area (TPSA) is 95.9 Å². The maximum atomic E-state index is 13.2. The van der Waals surface area contributed by atoms with E-state index in [2.05, 4.69) is 111 Å². The summed E-state index contributed by atoms with van der Waals surface area (Å²) in [4.78, 5) is 26.1. The molecule has 3 unspecified atom stereocenters. The number of amides is 1. The predicted molar refractivity (Wildman–Crippen MR) is 268 cm³/mol. The van der Waals surface area contributed by atoms with Crippen LogP contribution in [-0.4, -0.2) is 46.9 Å². The van der Waals surface area contributed by atoms with Gasteiger partial charge in [0.2, 0.25) is 5.91 Å². The fourth-order valence-corrected chi connectivity index (χ4v) is 7.16. The Labute approximate surface area is 382 Å². The van der Waals surface area contributed by atoms with Gasteiger partial charge in [-0.1, -0.05) is 214 Å². The first kappa shape index (κ1) is 58.8. The zero-order valence-corrected chi connectivity index (χ0v) is 40.2. The molecule has 0 rings (SSSR count). The van der Waals surface area contributed by atoms with E-state index in [9.17, 15) is 19.8 Å². The van der Waals surface area contributed by atoms with Gasteiger partial charge in [0.05, 0.1) is 25.2 Å². The number of hydrogen-bond donors (Lipinski definition) is 3. The van der Waals surface area contributed by atoms with Crippen molar-refractivity contribution < 1.29 is 24.5 Å². The number of carbonyl (C=O) groups excluding carboxylic acids is 2. The molecular weight excluding hydrogens is 767 g/mol. The zero-order chi connectivity index (χ0) is 45.2. The Bertz CT molecular complexity index is 1240. The molecule has 0 aliphatic carbocycles. The highest BCUT2D eigenvalue weighted by Gasteiger charge is 2.24. The zero-order valence-electron chi connectivity index (χ0n) is 40.2. The third kappa shape index (κ3) is 43.4. The molecular formula is C56H95NO5. The third-order valence-corrected chi connectivity index (χ3v) is 11.0. The number of rotatable bonds is 44. The van der Waals surface area contributed by atoms with E-state index in [1.165, 1.54) is 64.2 Å². The summed E-state index contributed by atoms with van der Waals surface area (Å²) in [5.41, 5.74) is 0. The van der Waals surface area contributed by atoms with Gasteiger partial charge < -0.3 is 20.3 Å². The minimum atomic E-state index is -0.808. The molecule has 6 heteroatoms. The van der Waals surface area contributed by atoms with Gasteiger partial charge in [0.25, 0.3) is 0 Å². The van der Waals surface area contributed by atoms with E-state index in [4.69, 9.17) is 4.74 Å². The second-order valence-electron chi connectivity index (χ2n) is 16.9. The summed E-state index contributed by atoms with van der Waals surface area (Å²) in [6.07, 6.45) is 64.7. The van der Waals surface area contributed by atoms with Crippen molar-refractivity contribution >= 4 is 11.9 Å². The SMILES string of the molecule is CC/C=C\C/C=C\C/C=C\C/C=C\C/C=C\CCCCCC(=O)OC(CCCCC\C=C/C=C/C=C/CC)CC(=O)NC(CO)C(O)CCCCCCCCCCCCCCC.